The minimum atomic E-state index is -4.56. The number of nitrogens with one attached hydrogen (secondary N) is 1. The lowest BCUT2D eigenvalue weighted by molar-refractivity contribution is -0.137. The molecule has 2 aromatic rings. The van der Waals surface area contributed by atoms with Gasteiger partial charge in [-0.1, -0.05) is 17.7 Å². The van der Waals surface area contributed by atoms with Crippen molar-refractivity contribution in [3.8, 4) is 5.75 Å². The van der Waals surface area contributed by atoms with Gasteiger partial charge in [-0.3, -0.25) is 4.79 Å². The van der Waals surface area contributed by atoms with Crippen LogP contribution in [-0.2, 0) is 16.6 Å². The Morgan fingerprint density at radius 3 is 2.54 bits per heavy atom. The molecule has 1 aliphatic rings. The van der Waals surface area contributed by atoms with Crippen molar-refractivity contribution < 1.29 is 27.8 Å². The van der Waals surface area contributed by atoms with Crippen molar-refractivity contribution in [3.63, 3.8) is 0 Å². The van der Waals surface area contributed by atoms with Gasteiger partial charge in [0.2, 0.25) is 0 Å². The molecule has 0 radical (unpaired) electrons. The monoisotopic (exact) mass is 361 g/mol. The van der Waals surface area contributed by atoms with Crippen LogP contribution in [0.4, 0.5) is 18.9 Å². The Morgan fingerprint density at radius 2 is 1.92 bits per heavy atom. The van der Waals surface area contributed by atoms with Crippen molar-refractivity contribution in [1.82, 2.24) is 0 Å². The summed E-state index contributed by atoms with van der Waals surface area (Å²) in [5.41, 5.74) is -3.19. The number of rotatable bonds is 2. The lowest BCUT2D eigenvalue weighted by atomic mass is 10.1. The standard InChI is InChI=1S/C16H11ClF3NO3/c1-24-13-5-3-9(17)7-11(13)15(23)10-4-2-8(16(18,19)20)6-12(10)21-14(15)22/h2-7,23H,1H3,(H,21,22)/i14+2,15+2. The molecule has 1 aliphatic heterocycles. The molecule has 0 aliphatic carbocycles. The number of fused-ring (bicyclic) bond motifs is 1. The van der Waals surface area contributed by atoms with Crippen LogP contribution in [0.3, 0.4) is 0 Å². The van der Waals surface area contributed by atoms with E-state index in [9.17, 15) is 23.1 Å². The molecule has 2 N–H and O–H groups in total. The number of methoxy groups -OCH3 is 1. The van der Waals surface area contributed by atoms with Crippen LogP contribution < -0.4 is 10.1 Å². The highest BCUT2D eigenvalue weighted by Crippen LogP contribution is 2.46. The fraction of sp³-hybridized carbons (Fsp3) is 0.188. The number of alkyl halides is 3. The minimum Gasteiger partial charge on any atom is -0.496 e. The van der Waals surface area contributed by atoms with Gasteiger partial charge < -0.3 is 15.2 Å². The molecule has 8 heteroatoms. The molecule has 1 atom stereocenters. The van der Waals surface area contributed by atoms with Crippen LogP contribution in [0.2, 0.25) is 5.02 Å². The highest BCUT2D eigenvalue weighted by atomic mass is 35.5. The number of hydrogen-bond acceptors (Lipinski definition) is 3. The average Bonchev–Trinajstić information content (AvgIpc) is 2.78. The number of anilines is 1. The Bertz CT molecular complexity index is 838. The fourth-order valence-corrected chi connectivity index (χ4v) is 2.88. The molecule has 1 amide bonds. The topological polar surface area (TPSA) is 58.6 Å². The second-order valence-electron chi connectivity index (χ2n) is 5.27. The molecule has 0 bridgehead atoms. The van der Waals surface area contributed by atoms with E-state index in [1.54, 1.807) is 0 Å². The third kappa shape index (κ3) is 2.40. The van der Waals surface area contributed by atoms with Crippen LogP contribution in [0.15, 0.2) is 36.4 Å². The van der Waals surface area contributed by atoms with Gasteiger partial charge in [-0.25, -0.2) is 0 Å². The zero-order valence-electron chi connectivity index (χ0n) is 12.2. The van der Waals surface area contributed by atoms with Crippen molar-refractivity contribution >= 4 is 23.2 Å². The number of carbonyl (C=O) groups is 1. The van der Waals surface area contributed by atoms with Crippen LogP contribution in [0.5, 0.6) is 5.75 Å². The number of aliphatic hydroxyl groups is 1. The smallest absolute Gasteiger partial charge is 0.416 e. The average molecular weight is 362 g/mol. The van der Waals surface area contributed by atoms with Crippen molar-refractivity contribution in [2.24, 2.45) is 0 Å². The summed E-state index contributed by atoms with van der Waals surface area (Å²) in [7, 11) is 1.34. The molecule has 2 aromatic carbocycles. The normalized spacial score (nSPS) is 19.8. The number of halogens is 4. The molecule has 3 rings (SSSR count). The summed E-state index contributed by atoms with van der Waals surface area (Å²) >= 11 is 5.93. The molecule has 0 saturated heterocycles. The molecular formula is C16H11ClF3NO3. The second-order valence-corrected chi connectivity index (χ2v) is 5.70. The Labute approximate surface area is 139 Å². The van der Waals surface area contributed by atoms with Gasteiger partial charge in [-0.15, -0.1) is 0 Å². The van der Waals surface area contributed by atoms with E-state index >= 15 is 0 Å². The summed E-state index contributed by atoms with van der Waals surface area (Å²) in [5, 5.41) is 13.5. The lowest BCUT2D eigenvalue weighted by Gasteiger charge is -2.24. The predicted octanol–water partition coefficient (Wildman–Crippen LogP) is 3.56. The first kappa shape index (κ1) is 16.6. The Morgan fingerprint density at radius 1 is 1.21 bits per heavy atom. The third-order valence-electron chi connectivity index (χ3n) is 3.86. The molecule has 1 unspecified atom stereocenters. The first-order chi connectivity index (χ1) is 11.2. The lowest BCUT2D eigenvalue weighted by Crippen LogP contribution is -2.35. The number of carbonyl (C=O) groups excluding carboxylic acids is 1. The van der Waals surface area contributed by atoms with Crippen molar-refractivity contribution in [3.05, 3.63) is 58.1 Å². The predicted molar refractivity (Wildman–Crippen MR) is 81.1 cm³/mol. The van der Waals surface area contributed by atoms with Crippen LogP contribution in [-0.4, -0.2) is 18.1 Å². The largest absolute Gasteiger partial charge is 0.496 e. The molecule has 126 valence electrons. The fourth-order valence-electron chi connectivity index (χ4n) is 2.70. The summed E-state index contributed by atoms with van der Waals surface area (Å²) in [5.74, 6) is -0.692. The van der Waals surface area contributed by atoms with Gasteiger partial charge in [0.15, 0.2) is 5.60 Å². The third-order valence-corrected chi connectivity index (χ3v) is 4.10. The molecule has 0 saturated carbocycles. The summed E-state index contributed by atoms with van der Waals surface area (Å²) < 4.78 is 43.6. The number of amides is 1. The summed E-state index contributed by atoms with van der Waals surface area (Å²) in [6.45, 7) is 0. The quantitative estimate of drug-likeness (QED) is 0.860. The van der Waals surface area contributed by atoms with E-state index in [1.165, 1.54) is 25.3 Å². The van der Waals surface area contributed by atoms with E-state index in [0.717, 1.165) is 18.2 Å². The summed E-state index contributed by atoms with van der Waals surface area (Å²) in [4.78, 5) is 12.4. The Kier molecular flexibility index (Phi) is 3.73. The maximum atomic E-state index is 12.8. The zero-order valence-corrected chi connectivity index (χ0v) is 13.0. The van der Waals surface area contributed by atoms with E-state index in [-0.39, 0.29) is 27.6 Å². The van der Waals surface area contributed by atoms with Crippen LogP contribution in [0, 0.1) is 0 Å². The SMILES string of the molecule is COc1ccc(Cl)cc1[14C]1(O)c2ccc(C(F)(F)F)cc2N[14C]1=O. The minimum absolute atomic E-state index is 0.000988. The summed E-state index contributed by atoms with van der Waals surface area (Å²) in [6, 6.07) is 6.96. The van der Waals surface area contributed by atoms with E-state index in [0.29, 0.717) is 0 Å². The van der Waals surface area contributed by atoms with E-state index in [4.69, 9.17) is 16.3 Å². The number of ether oxygens (including phenoxy) is 1. The summed E-state index contributed by atoms with van der Waals surface area (Å²) in [6.07, 6.45) is -4.56. The highest BCUT2D eigenvalue weighted by Gasteiger charge is 2.49. The first-order valence-electron chi connectivity index (χ1n) is 6.77. The van der Waals surface area contributed by atoms with Gasteiger partial charge in [0.1, 0.15) is 5.75 Å². The van der Waals surface area contributed by atoms with Gasteiger partial charge in [0, 0.05) is 21.8 Å². The molecular weight excluding hydrogens is 351 g/mol. The Hall–Kier alpha value is -2.25. The van der Waals surface area contributed by atoms with Gasteiger partial charge >= 0.3 is 6.18 Å². The first-order valence-corrected chi connectivity index (χ1v) is 7.15. The molecule has 0 fully saturated rings. The molecule has 0 aromatic heterocycles. The number of benzene rings is 2. The number of hydrogen-bond donors (Lipinski definition) is 2. The molecule has 1 heterocycles. The second kappa shape index (κ2) is 5.39. The van der Waals surface area contributed by atoms with Gasteiger partial charge in [0.05, 0.1) is 12.7 Å². The molecule has 0 spiro atoms. The van der Waals surface area contributed by atoms with Crippen molar-refractivity contribution in [2.45, 2.75) is 11.8 Å². The maximum Gasteiger partial charge on any atom is 0.416 e. The van der Waals surface area contributed by atoms with E-state index in [2.05, 4.69) is 5.32 Å². The van der Waals surface area contributed by atoms with Gasteiger partial charge in [-0.2, -0.15) is 13.2 Å². The highest BCUT2D eigenvalue weighted by molar-refractivity contribution is 6.30. The molecule has 24 heavy (non-hydrogen) atoms. The molecule has 4 nitrogen and oxygen atoms in total. The maximum absolute atomic E-state index is 12.8. The van der Waals surface area contributed by atoms with Crippen molar-refractivity contribution in [2.75, 3.05) is 12.4 Å². The van der Waals surface area contributed by atoms with Crippen molar-refractivity contribution in [1.29, 1.82) is 0 Å². The van der Waals surface area contributed by atoms with Gasteiger partial charge in [-0.05, 0) is 30.3 Å². The zero-order chi connectivity index (χ0) is 17.7. The van der Waals surface area contributed by atoms with E-state index in [1.807, 2.05) is 0 Å². The van der Waals surface area contributed by atoms with E-state index < -0.39 is 23.2 Å². The van der Waals surface area contributed by atoms with Crippen LogP contribution in [0.1, 0.15) is 16.7 Å². The van der Waals surface area contributed by atoms with Gasteiger partial charge in [0.25, 0.3) is 5.91 Å². The van der Waals surface area contributed by atoms with Crippen LogP contribution >= 0.6 is 11.6 Å². The Balaban J connectivity index is 2.21. The van der Waals surface area contributed by atoms with Crippen LogP contribution in [0.25, 0.3) is 0 Å².